The van der Waals surface area contributed by atoms with Gasteiger partial charge in [-0.15, -0.1) is 0 Å². The largest absolute Gasteiger partial charge is 0.256 e. The summed E-state index contributed by atoms with van der Waals surface area (Å²) in [5.74, 6) is 0. The second-order valence-electron chi connectivity index (χ2n) is 5.56. The molecule has 0 aliphatic heterocycles. The Labute approximate surface area is 140 Å². The quantitative estimate of drug-likeness (QED) is 0.347. The van der Waals surface area contributed by atoms with E-state index < -0.39 is 0 Å². The van der Waals surface area contributed by atoms with Gasteiger partial charge in [0.2, 0.25) is 0 Å². The Morgan fingerprint density at radius 1 is 0.458 bits per heavy atom. The molecule has 0 unspecified atom stereocenters. The van der Waals surface area contributed by atoms with Crippen molar-refractivity contribution in [1.29, 1.82) is 0 Å². The van der Waals surface area contributed by atoms with Gasteiger partial charge in [0.05, 0.1) is 11.0 Å². The van der Waals surface area contributed by atoms with E-state index in [1.807, 2.05) is 54.9 Å². The topological polar surface area (TPSA) is 25.8 Å². The molecule has 0 bridgehead atoms. The van der Waals surface area contributed by atoms with Gasteiger partial charge in [-0.2, -0.15) is 0 Å². The van der Waals surface area contributed by atoms with Crippen LogP contribution in [0.1, 0.15) is 0 Å². The van der Waals surface area contributed by atoms with E-state index in [1.54, 1.807) is 0 Å². The molecule has 0 N–H and O–H groups in total. The molecule has 0 aliphatic carbocycles. The smallest absolute Gasteiger partial charge is 0.0708 e. The van der Waals surface area contributed by atoms with Crippen LogP contribution in [-0.4, -0.2) is 9.97 Å². The van der Waals surface area contributed by atoms with E-state index >= 15 is 0 Å². The number of pyridine rings is 2. The summed E-state index contributed by atoms with van der Waals surface area (Å²) in [6.45, 7) is 0. The molecule has 0 amide bonds. The number of aromatic nitrogens is 2. The maximum Gasteiger partial charge on any atom is 0.0708 e. The first-order valence-corrected chi connectivity index (χ1v) is 7.94. The molecule has 2 heterocycles. The van der Waals surface area contributed by atoms with E-state index in [0.29, 0.717) is 0 Å². The van der Waals surface area contributed by atoms with Crippen LogP contribution in [0, 0.1) is 0 Å². The van der Waals surface area contributed by atoms with Crippen LogP contribution in [0.2, 0.25) is 0 Å². The minimum Gasteiger partial charge on any atom is -0.256 e. The third-order valence-corrected chi connectivity index (χ3v) is 4.01. The van der Waals surface area contributed by atoms with Gasteiger partial charge in [0.25, 0.3) is 0 Å². The highest BCUT2D eigenvalue weighted by molar-refractivity contribution is 6.05. The molecular weight excluding hydrogens is 292 g/mol. The Balaban J connectivity index is 0.000000129. The second-order valence-corrected chi connectivity index (χ2v) is 5.56. The summed E-state index contributed by atoms with van der Waals surface area (Å²) in [7, 11) is 0. The standard InChI is InChI=1S/C13H9N.C9H7N/c1-2-6-11-10(5-1)9-14-13-8-4-3-7-12(11)13;1-2-6-9-8(4-1)5-3-7-10-9/h1-9H;1-7H. The Morgan fingerprint density at radius 3 is 1.92 bits per heavy atom. The van der Waals surface area contributed by atoms with Gasteiger partial charge in [-0.1, -0.05) is 66.7 Å². The Bertz CT molecular complexity index is 996. The summed E-state index contributed by atoms with van der Waals surface area (Å²) in [6.07, 6.45) is 3.74. The first-order valence-electron chi connectivity index (χ1n) is 7.94. The van der Waals surface area contributed by atoms with E-state index in [1.165, 1.54) is 21.5 Å². The van der Waals surface area contributed by atoms with Crippen LogP contribution < -0.4 is 0 Å². The molecule has 5 rings (SSSR count). The van der Waals surface area contributed by atoms with Crippen molar-refractivity contribution in [1.82, 2.24) is 9.97 Å². The van der Waals surface area contributed by atoms with Crippen molar-refractivity contribution in [3.05, 3.63) is 97.3 Å². The number of nitrogens with zero attached hydrogens (tertiary/aromatic N) is 2. The number of para-hydroxylation sites is 2. The predicted octanol–water partition coefficient (Wildman–Crippen LogP) is 5.62. The van der Waals surface area contributed by atoms with Crippen LogP contribution in [0.3, 0.4) is 0 Å². The van der Waals surface area contributed by atoms with Crippen LogP contribution in [-0.2, 0) is 0 Å². The second kappa shape index (κ2) is 6.47. The van der Waals surface area contributed by atoms with Crippen LogP contribution in [0.15, 0.2) is 97.3 Å². The third-order valence-electron chi connectivity index (χ3n) is 4.01. The molecule has 2 heteroatoms. The minimum atomic E-state index is 1.06. The lowest BCUT2D eigenvalue weighted by Gasteiger charge is -2.01. The summed E-state index contributed by atoms with van der Waals surface area (Å²) in [5.41, 5.74) is 2.12. The fourth-order valence-electron chi connectivity index (χ4n) is 2.82. The lowest BCUT2D eigenvalue weighted by Crippen LogP contribution is -1.80. The molecule has 0 fully saturated rings. The fraction of sp³-hybridized carbons (Fsp3) is 0. The molecule has 2 aromatic heterocycles. The molecule has 3 aromatic carbocycles. The average molecular weight is 308 g/mol. The molecule has 0 saturated carbocycles. The van der Waals surface area contributed by atoms with Gasteiger partial charge >= 0.3 is 0 Å². The molecule has 0 atom stereocenters. The van der Waals surface area contributed by atoms with Crippen molar-refractivity contribution in [2.75, 3.05) is 0 Å². The van der Waals surface area contributed by atoms with Gasteiger partial charge in [-0.25, -0.2) is 0 Å². The van der Waals surface area contributed by atoms with Crippen LogP contribution in [0.25, 0.3) is 32.6 Å². The zero-order chi connectivity index (χ0) is 16.2. The molecule has 2 nitrogen and oxygen atoms in total. The van der Waals surface area contributed by atoms with Crippen molar-refractivity contribution in [3.8, 4) is 0 Å². The minimum absolute atomic E-state index is 1.06. The summed E-state index contributed by atoms with van der Waals surface area (Å²) in [4.78, 5) is 8.59. The Hall–Kier alpha value is -3.26. The average Bonchev–Trinajstić information content (AvgIpc) is 2.68. The molecule has 114 valence electrons. The van der Waals surface area contributed by atoms with E-state index in [-0.39, 0.29) is 0 Å². The number of rotatable bonds is 0. The summed E-state index contributed by atoms with van der Waals surface area (Å²) < 4.78 is 0. The van der Waals surface area contributed by atoms with Crippen LogP contribution in [0.5, 0.6) is 0 Å². The van der Waals surface area contributed by atoms with Crippen molar-refractivity contribution in [2.45, 2.75) is 0 Å². The molecule has 0 saturated heterocycles. The molecular formula is C22H16N2. The van der Waals surface area contributed by atoms with Gasteiger partial charge in [0, 0.05) is 28.6 Å². The van der Waals surface area contributed by atoms with Crippen molar-refractivity contribution in [2.24, 2.45) is 0 Å². The molecule has 0 radical (unpaired) electrons. The number of hydrogen-bond acceptors (Lipinski definition) is 2. The van der Waals surface area contributed by atoms with E-state index in [0.717, 1.165) is 11.0 Å². The van der Waals surface area contributed by atoms with E-state index in [9.17, 15) is 0 Å². The Morgan fingerprint density at radius 2 is 1.08 bits per heavy atom. The maximum absolute atomic E-state index is 4.41. The highest BCUT2D eigenvalue weighted by Gasteiger charge is 1.98. The Kier molecular flexibility index (Phi) is 3.86. The molecule has 0 spiro atoms. The van der Waals surface area contributed by atoms with Gasteiger partial charge in [-0.3, -0.25) is 9.97 Å². The summed E-state index contributed by atoms with van der Waals surface area (Å²) in [5, 5.41) is 4.90. The first kappa shape index (κ1) is 14.3. The summed E-state index contributed by atoms with van der Waals surface area (Å²) >= 11 is 0. The van der Waals surface area contributed by atoms with E-state index in [2.05, 4.69) is 52.4 Å². The van der Waals surface area contributed by atoms with Crippen molar-refractivity contribution >= 4 is 32.6 Å². The van der Waals surface area contributed by atoms with Gasteiger partial charge < -0.3 is 0 Å². The maximum atomic E-state index is 4.41. The van der Waals surface area contributed by atoms with Crippen molar-refractivity contribution < 1.29 is 0 Å². The predicted molar refractivity (Wildman–Crippen MR) is 101 cm³/mol. The highest BCUT2D eigenvalue weighted by Crippen LogP contribution is 2.22. The number of hydrogen-bond donors (Lipinski definition) is 0. The monoisotopic (exact) mass is 308 g/mol. The normalized spacial score (nSPS) is 10.5. The highest BCUT2D eigenvalue weighted by atomic mass is 14.6. The zero-order valence-electron chi connectivity index (χ0n) is 13.1. The fourth-order valence-corrected chi connectivity index (χ4v) is 2.82. The lowest BCUT2D eigenvalue weighted by atomic mass is 10.1. The van der Waals surface area contributed by atoms with Gasteiger partial charge in [0.15, 0.2) is 0 Å². The molecule has 0 aliphatic rings. The van der Waals surface area contributed by atoms with Gasteiger partial charge in [0.1, 0.15) is 0 Å². The number of fused-ring (bicyclic) bond motifs is 4. The third kappa shape index (κ3) is 2.82. The lowest BCUT2D eigenvalue weighted by molar-refractivity contribution is 1.41. The first-order chi connectivity index (χ1) is 11.9. The molecule has 24 heavy (non-hydrogen) atoms. The SMILES string of the molecule is c1ccc2c(c1)cnc1ccccc12.c1ccc2ncccc2c1. The van der Waals surface area contributed by atoms with Crippen LogP contribution >= 0.6 is 0 Å². The molecule has 5 aromatic rings. The number of benzene rings is 3. The van der Waals surface area contributed by atoms with E-state index in [4.69, 9.17) is 0 Å². The zero-order valence-corrected chi connectivity index (χ0v) is 13.1. The van der Waals surface area contributed by atoms with Gasteiger partial charge in [-0.05, 0) is 23.6 Å². The van der Waals surface area contributed by atoms with Crippen LogP contribution in [0.4, 0.5) is 0 Å². The van der Waals surface area contributed by atoms with Crippen molar-refractivity contribution in [3.63, 3.8) is 0 Å². The summed E-state index contributed by atoms with van der Waals surface area (Å²) in [6, 6.07) is 28.6.